The quantitative estimate of drug-likeness (QED) is 0.325. The highest BCUT2D eigenvalue weighted by atomic mass is 127. The molecule has 0 aromatic carbocycles. The summed E-state index contributed by atoms with van der Waals surface area (Å²) in [5.41, 5.74) is 0. The van der Waals surface area contributed by atoms with Crippen LogP contribution < -0.4 is 10.6 Å². The number of thiophene rings is 1. The number of guanidine groups is 1. The van der Waals surface area contributed by atoms with Crippen LogP contribution in [0.1, 0.15) is 31.2 Å². The molecule has 1 aromatic rings. The van der Waals surface area contributed by atoms with Crippen LogP contribution in [0.5, 0.6) is 0 Å². The normalized spacial score (nSPS) is 26.4. The molecule has 3 rings (SSSR count). The van der Waals surface area contributed by atoms with Gasteiger partial charge in [0.1, 0.15) is 0 Å². The fraction of sp³-hybridized carbons (Fsp3) is 0.722. The van der Waals surface area contributed by atoms with Gasteiger partial charge in [0.15, 0.2) is 15.8 Å². The van der Waals surface area contributed by atoms with Crippen LogP contribution in [0.4, 0.5) is 0 Å². The van der Waals surface area contributed by atoms with Gasteiger partial charge in [0.05, 0.1) is 36.8 Å². The highest BCUT2D eigenvalue weighted by molar-refractivity contribution is 14.0. The zero-order valence-electron chi connectivity index (χ0n) is 16.5. The third-order valence-electron chi connectivity index (χ3n) is 4.92. The Balaban J connectivity index is 0.00000280. The van der Waals surface area contributed by atoms with Gasteiger partial charge in [0.25, 0.3) is 0 Å². The van der Waals surface area contributed by atoms with Crippen molar-refractivity contribution in [2.45, 2.75) is 38.5 Å². The Kier molecular flexibility index (Phi) is 9.45. The van der Waals surface area contributed by atoms with E-state index in [9.17, 15) is 8.42 Å². The molecule has 0 amide bonds. The average molecular weight is 543 g/mol. The summed E-state index contributed by atoms with van der Waals surface area (Å²) in [6.07, 6.45) is 0.863. The molecule has 2 N–H and O–H groups in total. The maximum atomic E-state index is 11.7. The predicted molar refractivity (Wildman–Crippen MR) is 126 cm³/mol. The largest absolute Gasteiger partial charge is 0.376 e. The number of nitrogens with one attached hydrogen (secondary N) is 2. The molecule has 0 spiro atoms. The SMILES string of the molecule is CCNC(=NCC(c1cccs1)N1CCOC(C)C1)NC1CCS(=O)(=O)C1.I. The van der Waals surface area contributed by atoms with Gasteiger partial charge < -0.3 is 15.4 Å². The van der Waals surface area contributed by atoms with Crippen LogP contribution in [0.3, 0.4) is 0 Å². The summed E-state index contributed by atoms with van der Waals surface area (Å²) in [5, 5.41) is 8.66. The molecule has 2 aliphatic heterocycles. The van der Waals surface area contributed by atoms with Gasteiger partial charge >= 0.3 is 0 Å². The molecule has 160 valence electrons. The van der Waals surface area contributed by atoms with Crippen LogP contribution in [-0.2, 0) is 14.6 Å². The van der Waals surface area contributed by atoms with Crippen LogP contribution >= 0.6 is 35.3 Å². The molecular formula is C18H31IN4O3S2. The van der Waals surface area contributed by atoms with Gasteiger partial charge in [-0.3, -0.25) is 9.89 Å². The van der Waals surface area contributed by atoms with E-state index in [1.807, 2.05) is 6.92 Å². The third kappa shape index (κ3) is 6.82. The van der Waals surface area contributed by atoms with E-state index < -0.39 is 9.84 Å². The Morgan fingerprint density at radius 2 is 2.32 bits per heavy atom. The molecule has 0 saturated carbocycles. The molecule has 2 aliphatic rings. The minimum Gasteiger partial charge on any atom is -0.376 e. The van der Waals surface area contributed by atoms with Crippen LogP contribution in [0.2, 0.25) is 0 Å². The summed E-state index contributed by atoms with van der Waals surface area (Å²) < 4.78 is 29.1. The Morgan fingerprint density at radius 3 is 2.93 bits per heavy atom. The lowest BCUT2D eigenvalue weighted by Gasteiger charge is -2.36. The molecule has 3 heterocycles. The minimum absolute atomic E-state index is 0. The molecular weight excluding hydrogens is 511 g/mol. The summed E-state index contributed by atoms with van der Waals surface area (Å²) in [5.74, 6) is 1.14. The predicted octanol–water partition coefficient (Wildman–Crippen LogP) is 1.87. The molecule has 10 heteroatoms. The summed E-state index contributed by atoms with van der Waals surface area (Å²) in [4.78, 5) is 8.54. The smallest absolute Gasteiger partial charge is 0.191 e. The van der Waals surface area contributed by atoms with Gasteiger partial charge in [-0.25, -0.2) is 8.42 Å². The molecule has 3 atom stereocenters. The van der Waals surface area contributed by atoms with E-state index in [0.717, 1.165) is 26.2 Å². The molecule has 0 aliphatic carbocycles. The lowest BCUT2D eigenvalue weighted by atomic mass is 10.1. The summed E-state index contributed by atoms with van der Waals surface area (Å²) in [7, 11) is -2.91. The third-order valence-corrected chi connectivity index (χ3v) is 7.67. The van der Waals surface area contributed by atoms with Gasteiger partial charge in [0.2, 0.25) is 0 Å². The second-order valence-electron chi connectivity index (χ2n) is 7.17. The van der Waals surface area contributed by atoms with Crippen molar-refractivity contribution in [2.75, 3.05) is 44.3 Å². The molecule has 3 unspecified atom stereocenters. The van der Waals surface area contributed by atoms with E-state index in [-0.39, 0.29) is 53.7 Å². The van der Waals surface area contributed by atoms with Crippen LogP contribution in [0.25, 0.3) is 0 Å². The van der Waals surface area contributed by atoms with Crippen LogP contribution in [-0.4, -0.2) is 75.7 Å². The zero-order valence-corrected chi connectivity index (χ0v) is 20.4. The van der Waals surface area contributed by atoms with Crippen molar-refractivity contribution < 1.29 is 13.2 Å². The topological polar surface area (TPSA) is 83.0 Å². The van der Waals surface area contributed by atoms with Crippen molar-refractivity contribution in [3.05, 3.63) is 22.4 Å². The van der Waals surface area contributed by atoms with Crippen molar-refractivity contribution in [1.29, 1.82) is 0 Å². The average Bonchev–Trinajstić information content (AvgIpc) is 3.25. The number of hydrogen-bond acceptors (Lipinski definition) is 6. The van der Waals surface area contributed by atoms with Crippen molar-refractivity contribution in [2.24, 2.45) is 4.99 Å². The molecule has 0 radical (unpaired) electrons. The molecule has 1 aromatic heterocycles. The number of ether oxygens (including phenoxy) is 1. The first kappa shape index (κ1) is 23.8. The first-order valence-electron chi connectivity index (χ1n) is 9.61. The summed E-state index contributed by atoms with van der Waals surface area (Å²) in [6.45, 7) is 8.02. The summed E-state index contributed by atoms with van der Waals surface area (Å²) in [6, 6.07) is 4.39. The van der Waals surface area contributed by atoms with E-state index >= 15 is 0 Å². The van der Waals surface area contributed by atoms with E-state index in [4.69, 9.17) is 9.73 Å². The second kappa shape index (κ2) is 11.1. The standard InChI is InChI=1S/C18H30N4O3S2.HI/c1-3-19-18(21-15-6-10-27(23,24)13-15)20-11-16(17-5-4-9-26-17)22-7-8-25-14(2)12-22;/h4-5,9,14-16H,3,6-8,10-13H2,1-2H3,(H2,19,20,21);1H. The Labute approximate surface area is 189 Å². The maximum Gasteiger partial charge on any atom is 0.191 e. The van der Waals surface area contributed by atoms with Gasteiger partial charge in [0, 0.05) is 30.6 Å². The van der Waals surface area contributed by atoms with Gasteiger partial charge in [-0.1, -0.05) is 6.07 Å². The number of sulfone groups is 1. The van der Waals surface area contributed by atoms with E-state index in [1.54, 1.807) is 11.3 Å². The minimum atomic E-state index is -2.91. The first-order chi connectivity index (χ1) is 13.0. The van der Waals surface area contributed by atoms with Crippen molar-refractivity contribution in [1.82, 2.24) is 15.5 Å². The molecule has 28 heavy (non-hydrogen) atoms. The molecule has 0 bridgehead atoms. The first-order valence-corrected chi connectivity index (χ1v) is 12.3. The number of hydrogen-bond donors (Lipinski definition) is 2. The van der Waals surface area contributed by atoms with Gasteiger partial charge in [-0.05, 0) is 31.7 Å². The van der Waals surface area contributed by atoms with E-state index in [0.29, 0.717) is 18.9 Å². The lowest BCUT2D eigenvalue weighted by molar-refractivity contribution is -0.0327. The van der Waals surface area contributed by atoms with Gasteiger partial charge in [-0.2, -0.15) is 0 Å². The van der Waals surface area contributed by atoms with Crippen LogP contribution in [0.15, 0.2) is 22.5 Å². The van der Waals surface area contributed by atoms with E-state index in [1.165, 1.54) is 4.88 Å². The fourth-order valence-corrected chi connectivity index (χ4v) is 6.12. The number of aliphatic imine (C=N–C) groups is 1. The Hall–Kier alpha value is -0.430. The number of morpholine rings is 1. The molecule has 2 fully saturated rings. The van der Waals surface area contributed by atoms with Crippen LogP contribution in [0, 0.1) is 0 Å². The molecule has 7 nitrogen and oxygen atoms in total. The number of halogens is 1. The summed E-state index contributed by atoms with van der Waals surface area (Å²) >= 11 is 1.75. The van der Waals surface area contributed by atoms with Gasteiger partial charge in [-0.15, -0.1) is 35.3 Å². The Bertz CT molecular complexity index is 727. The highest BCUT2D eigenvalue weighted by Crippen LogP contribution is 2.27. The molecule has 2 saturated heterocycles. The van der Waals surface area contributed by atoms with Crippen molar-refractivity contribution in [3.8, 4) is 0 Å². The lowest BCUT2D eigenvalue weighted by Crippen LogP contribution is -2.46. The van der Waals surface area contributed by atoms with E-state index in [2.05, 4.69) is 40.0 Å². The maximum absolute atomic E-state index is 11.7. The zero-order chi connectivity index (χ0) is 19.3. The number of nitrogens with zero attached hydrogens (tertiary/aromatic N) is 2. The second-order valence-corrected chi connectivity index (χ2v) is 10.4. The fourth-order valence-electron chi connectivity index (χ4n) is 3.59. The Morgan fingerprint density at radius 1 is 1.50 bits per heavy atom. The number of rotatable bonds is 6. The van der Waals surface area contributed by atoms with Crippen molar-refractivity contribution in [3.63, 3.8) is 0 Å². The van der Waals surface area contributed by atoms with Crippen molar-refractivity contribution >= 4 is 51.1 Å². The monoisotopic (exact) mass is 542 g/mol. The highest BCUT2D eigenvalue weighted by Gasteiger charge is 2.29.